The monoisotopic (exact) mass is 318 g/mol. The minimum absolute atomic E-state index is 0.112. The van der Waals surface area contributed by atoms with E-state index in [0.29, 0.717) is 5.13 Å². The van der Waals surface area contributed by atoms with Gasteiger partial charge in [-0.2, -0.15) is 0 Å². The number of benzene rings is 1. The molecule has 0 bridgehead atoms. The van der Waals surface area contributed by atoms with E-state index >= 15 is 0 Å². The van der Waals surface area contributed by atoms with Gasteiger partial charge in [0.25, 0.3) is 0 Å². The third-order valence-corrected chi connectivity index (χ3v) is 3.71. The van der Waals surface area contributed by atoms with Crippen molar-refractivity contribution in [1.82, 2.24) is 10.2 Å². The summed E-state index contributed by atoms with van der Waals surface area (Å²) < 4.78 is 0. The van der Waals surface area contributed by atoms with Crippen LogP contribution in [0.4, 0.5) is 10.8 Å². The van der Waals surface area contributed by atoms with E-state index in [1.54, 1.807) is 12.1 Å². The normalized spacial score (nSPS) is 10.2. The summed E-state index contributed by atoms with van der Waals surface area (Å²) in [4.78, 5) is 23.5. The van der Waals surface area contributed by atoms with Crippen LogP contribution in [0.3, 0.4) is 0 Å². The number of anilines is 2. The molecule has 0 aliphatic carbocycles. The average molecular weight is 318 g/mol. The first-order valence-corrected chi connectivity index (χ1v) is 7.96. The van der Waals surface area contributed by atoms with Crippen LogP contribution in [0.25, 0.3) is 0 Å². The van der Waals surface area contributed by atoms with Gasteiger partial charge in [0.1, 0.15) is 5.01 Å². The van der Waals surface area contributed by atoms with Crippen molar-refractivity contribution in [3.05, 3.63) is 35.3 Å². The smallest absolute Gasteiger partial charge is 0.226 e. The number of aromatic nitrogens is 2. The lowest BCUT2D eigenvalue weighted by molar-refractivity contribution is -0.121. The van der Waals surface area contributed by atoms with Crippen molar-refractivity contribution in [2.24, 2.45) is 0 Å². The Hall–Kier alpha value is -2.28. The van der Waals surface area contributed by atoms with Gasteiger partial charge in [-0.15, -0.1) is 10.2 Å². The largest absolute Gasteiger partial charge is 0.326 e. The highest BCUT2D eigenvalue weighted by atomic mass is 32.1. The number of para-hydroxylation sites is 1. The summed E-state index contributed by atoms with van der Waals surface area (Å²) >= 11 is 1.37. The lowest BCUT2D eigenvalue weighted by Gasteiger charge is -2.04. The first-order valence-electron chi connectivity index (χ1n) is 7.14. The summed E-state index contributed by atoms with van der Waals surface area (Å²) in [5.41, 5.74) is 0.723. The van der Waals surface area contributed by atoms with Gasteiger partial charge < -0.3 is 10.6 Å². The molecule has 2 rings (SSSR count). The Balaban J connectivity index is 1.73. The van der Waals surface area contributed by atoms with Gasteiger partial charge in [0.15, 0.2) is 0 Å². The number of carbonyl (C=O) groups excluding carboxylic acids is 2. The third kappa shape index (κ3) is 5.25. The van der Waals surface area contributed by atoms with E-state index in [-0.39, 0.29) is 24.7 Å². The van der Waals surface area contributed by atoms with Crippen LogP contribution in [-0.4, -0.2) is 22.0 Å². The Morgan fingerprint density at radius 1 is 1.05 bits per heavy atom. The molecular weight excluding hydrogens is 300 g/mol. The highest BCUT2D eigenvalue weighted by molar-refractivity contribution is 7.15. The zero-order valence-electron chi connectivity index (χ0n) is 12.3. The molecule has 1 aromatic heterocycles. The van der Waals surface area contributed by atoms with Gasteiger partial charge in [-0.05, 0) is 18.6 Å². The standard InChI is InChI=1S/C15H18N4O2S/c1-2-6-14-18-19-15(22-14)17-13(21)10-9-12(20)16-11-7-4-3-5-8-11/h3-5,7-8H,2,6,9-10H2,1H3,(H,16,20)(H,17,19,21). The number of nitrogens with zero attached hydrogens (tertiary/aromatic N) is 2. The molecule has 0 spiro atoms. The zero-order chi connectivity index (χ0) is 15.8. The van der Waals surface area contributed by atoms with Crippen molar-refractivity contribution in [1.29, 1.82) is 0 Å². The summed E-state index contributed by atoms with van der Waals surface area (Å²) in [7, 11) is 0. The Morgan fingerprint density at radius 3 is 2.41 bits per heavy atom. The predicted molar refractivity (Wildman–Crippen MR) is 86.8 cm³/mol. The highest BCUT2D eigenvalue weighted by Gasteiger charge is 2.10. The molecule has 0 aliphatic rings. The van der Waals surface area contributed by atoms with E-state index in [4.69, 9.17) is 0 Å². The molecule has 0 saturated heterocycles. The molecule has 116 valence electrons. The molecule has 2 aromatic rings. The van der Waals surface area contributed by atoms with Crippen LogP contribution in [0.5, 0.6) is 0 Å². The molecule has 0 atom stereocenters. The summed E-state index contributed by atoms with van der Waals surface area (Å²) in [6, 6.07) is 9.15. The SMILES string of the molecule is CCCc1nnc(NC(=O)CCC(=O)Nc2ccccc2)s1. The second kappa shape index (κ2) is 8.23. The minimum Gasteiger partial charge on any atom is -0.326 e. The Kier molecular flexibility index (Phi) is 6.02. The minimum atomic E-state index is -0.234. The Morgan fingerprint density at radius 2 is 1.73 bits per heavy atom. The molecule has 0 aliphatic heterocycles. The van der Waals surface area contributed by atoms with Crippen LogP contribution in [0.2, 0.25) is 0 Å². The molecule has 6 nitrogen and oxygen atoms in total. The fraction of sp³-hybridized carbons (Fsp3) is 0.333. The second-order valence-electron chi connectivity index (χ2n) is 4.71. The topological polar surface area (TPSA) is 84.0 Å². The van der Waals surface area contributed by atoms with Crippen LogP contribution in [0.1, 0.15) is 31.2 Å². The molecule has 0 fully saturated rings. The maximum absolute atomic E-state index is 11.8. The maximum Gasteiger partial charge on any atom is 0.226 e. The molecule has 0 radical (unpaired) electrons. The number of hydrogen-bond acceptors (Lipinski definition) is 5. The van der Waals surface area contributed by atoms with Crippen molar-refractivity contribution < 1.29 is 9.59 Å². The van der Waals surface area contributed by atoms with E-state index in [1.165, 1.54) is 11.3 Å². The average Bonchev–Trinajstić information content (AvgIpc) is 2.94. The summed E-state index contributed by atoms with van der Waals surface area (Å²) in [6.07, 6.45) is 2.08. The van der Waals surface area contributed by atoms with Gasteiger partial charge in [-0.1, -0.05) is 36.5 Å². The molecule has 22 heavy (non-hydrogen) atoms. The van der Waals surface area contributed by atoms with Crippen LogP contribution < -0.4 is 10.6 Å². The van der Waals surface area contributed by atoms with E-state index in [2.05, 4.69) is 27.8 Å². The molecule has 1 aromatic carbocycles. The molecule has 0 saturated carbocycles. The van der Waals surface area contributed by atoms with E-state index < -0.39 is 0 Å². The quantitative estimate of drug-likeness (QED) is 0.822. The Bertz CT molecular complexity index is 627. The van der Waals surface area contributed by atoms with Gasteiger partial charge in [0.05, 0.1) is 0 Å². The Labute approximate surface area is 133 Å². The number of aryl methyl sites for hydroxylation is 1. The van der Waals surface area contributed by atoms with Crippen LogP contribution in [0, 0.1) is 0 Å². The number of carbonyl (C=O) groups is 2. The van der Waals surface area contributed by atoms with Gasteiger partial charge in [0, 0.05) is 24.9 Å². The number of nitrogens with one attached hydrogen (secondary N) is 2. The number of amides is 2. The summed E-state index contributed by atoms with van der Waals surface area (Å²) in [6.45, 7) is 2.06. The van der Waals surface area contributed by atoms with Crippen LogP contribution in [0.15, 0.2) is 30.3 Å². The lowest BCUT2D eigenvalue weighted by atomic mass is 10.2. The fourth-order valence-corrected chi connectivity index (χ4v) is 2.63. The first kappa shape index (κ1) is 16.1. The van der Waals surface area contributed by atoms with Crippen molar-refractivity contribution in [2.75, 3.05) is 10.6 Å². The first-order chi connectivity index (χ1) is 10.7. The van der Waals surface area contributed by atoms with Gasteiger partial charge in [-0.25, -0.2) is 0 Å². The summed E-state index contributed by atoms with van der Waals surface area (Å²) in [5.74, 6) is -0.423. The van der Waals surface area contributed by atoms with Gasteiger partial charge in [0.2, 0.25) is 16.9 Å². The lowest BCUT2D eigenvalue weighted by Crippen LogP contribution is -2.17. The molecular formula is C15H18N4O2S. The number of hydrogen-bond donors (Lipinski definition) is 2. The van der Waals surface area contributed by atoms with Crippen molar-refractivity contribution >= 4 is 34.0 Å². The second-order valence-corrected chi connectivity index (χ2v) is 5.78. The van der Waals surface area contributed by atoms with E-state index in [0.717, 1.165) is 23.5 Å². The van der Waals surface area contributed by atoms with E-state index in [9.17, 15) is 9.59 Å². The molecule has 2 N–H and O–H groups in total. The van der Waals surface area contributed by atoms with Gasteiger partial charge >= 0.3 is 0 Å². The van der Waals surface area contributed by atoms with Crippen LogP contribution >= 0.6 is 11.3 Å². The highest BCUT2D eigenvalue weighted by Crippen LogP contribution is 2.16. The number of rotatable bonds is 7. The maximum atomic E-state index is 11.8. The zero-order valence-corrected chi connectivity index (χ0v) is 13.2. The van der Waals surface area contributed by atoms with Gasteiger partial charge in [-0.3, -0.25) is 9.59 Å². The molecule has 2 amide bonds. The van der Waals surface area contributed by atoms with Crippen molar-refractivity contribution in [3.8, 4) is 0 Å². The molecule has 0 unspecified atom stereocenters. The summed E-state index contributed by atoms with van der Waals surface area (Å²) in [5, 5.41) is 14.7. The third-order valence-electron chi connectivity index (χ3n) is 2.81. The van der Waals surface area contributed by atoms with Crippen LogP contribution in [-0.2, 0) is 16.0 Å². The molecule has 1 heterocycles. The predicted octanol–water partition coefficient (Wildman–Crippen LogP) is 2.85. The van der Waals surface area contributed by atoms with E-state index in [1.807, 2.05) is 18.2 Å². The fourth-order valence-electron chi connectivity index (χ4n) is 1.77. The molecule has 7 heteroatoms. The van der Waals surface area contributed by atoms with Crippen molar-refractivity contribution in [3.63, 3.8) is 0 Å². The van der Waals surface area contributed by atoms with Crippen molar-refractivity contribution in [2.45, 2.75) is 32.6 Å².